The summed E-state index contributed by atoms with van der Waals surface area (Å²) >= 11 is 0. The van der Waals surface area contributed by atoms with E-state index in [0.717, 1.165) is 22.3 Å². The summed E-state index contributed by atoms with van der Waals surface area (Å²) < 4.78 is 20.6. The van der Waals surface area contributed by atoms with Crippen molar-refractivity contribution in [1.29, 1.82) is 0 Å². The first-order valence-corrected chi connectivity index (χ1v) is 7.79. The molecule has 0 saturated heterocycles. The van der Waals surface area contributed by atoms with Gasteiger partial charge in [-0.25, -0.2) is 4.39 Å². The maximum Gasteiger partial charge on any atom is 0.148 e. The normalized spacial score (nSPS) is 22.7. The lowest BCUT2D eigenvalue weighted by Gasteiger charge is -2.28. The molecule has 3 aromatic rings. The van der Waals surface area contributed by atoms with Crippen molar-refractivity contribution >= 4 is 0 Å². The zero-order chi connectivity index (χ0) is 15.7. The van der Waals surface area contributed by atoms with Crippen molar-refractivity contribution in [3.8, 4) is 0 Å². The van der Waals surface area contributed by atoms with Crippen molar-refractivity contribution < 1.29 is 9.13 Å². The Kier molecular flexibility index (Phi) is 3.47. The van der Waals surface area contributed by atoms with Crippen molar-refractivity contribution in [3.05, 3.63) is 107 Å². The van der Waals surface area contributed by atoms with Crippen LogP contribution in [-0.4, -0.2) is 6.67 Å². The molecular formula is C21H17FO. The molecule has 0 radical (unpaired) electrons. The van der Waals surface area contributed by atoms with Crippen molar-refractivity contribution in [2.45, 2.75) is 11.7 Å². The van der Waals surface area contributed by atoms with Crippen LogP contribution in [0.5, 0.6) is 0 Å². The number of benzene rings is 3. The molecule has 1 aliphatic heterocycles. The number of hydrogen-bond acceptors (Lipinski definition) is 1. The molecule has 2 heteroatoms. The second kappa shape index (κ2) is 5.64. The highest BCUT2D eigenvalue weighted by molar-refractivity contribution is 5.49. The molecule has 1 aliphatic rings. The first-order valence-electron chi connectivity index (χ1n) is 7.79. The maximum atomic E-state index is 14.3. The van der Waals surface area contributed by atoms with Crippen LogP contribution in [0.3, 0.4) is 0 Å². The number of ether oxygens (including phenoxy) is 1. The molecule has 2 atom stereocenters. The molecule has 0 bridgehead atoms. The second-order valence-corrected chi connectivity index (χ2v) is 5.82. The zero-order valence-corrected chi connectivity index (χ0v) is 12.7. The summed E-state index contributed by atoms with van der Waals surface area (Å²) in [6, 6.07) is 27.6. The Labute approximate surface area is 135 Å². The van der Waals surface area contributed by atoms with Crippen LogP contribution in [0.2, 0.25) is 0 Å². The third-order valence-corrected chi connectivity index (χ3v) is 4.53. The lowest BCUT2D eigenvalue weighted by atomic mass is 9.86. The highest BCUT2D eigenvalue weighted by Gasteiger charge is 2.46. The van der Waals surface area contributed by atoms with Gasteiger partial charge in [0.25, 0.3) is 0 Å². The molecule has 0 aromatic heterocycles. The van der Waals surface area contributed by atoms with Crippen molar-refractivity contribution in [1.82, 2.24) is 0 Å². The largest absolute Gasteiger partial charge is 0.350 e. The number of halogens is 1. The average molecular weight is 304 g/mol. The van der Waals surface area contributed by atoms with Crippen molar-refractivity contribution in [3.63, 3.8) is 0 Å². The summed E-state index contributed by atoms with van der Waals surface area (Å²) in [5.41, 5.74) is 2.83. The number of hydrogen-bond donors (Lipinski definition) is 0. The topological polar surface area (TPSA) is 9.23 Å². The van der Waals surface area contributed by atoms with Gasteiger partial charge in [-0.1, -0.05) is 84.9 Å². The van der Waals surface area contributed by atoms with Crippen molar-refractivity contribution in [2.75, 3.05) is 6.67 Å². The maximum absolute atomic E-state index is 14.3. The van der Waals surface area contributed by atoms with E-state index in [9.17, 15) is 4.39 Å². The average Bonchev–Trinajstić information content (AvgIpc) is 2.99. The van der Waals surface area contributed by atoms with E-state index >= 15 is 0 Å². The van der Waals surface area contributed by atoms with Crippen LogP contribution in [0.25, 0.3) is 0 Å². The second-order valence-electron chi connectivity index (χ2n) is 5.82. The molecule has 114 valence electrons. The van der Waals surface area contributed by atoms with E-state index in [2.05, 4.69) is 0 Å². The van der Waals surface area contributed by atoms with Crippen LogP contribution < -0.4 is 0 Å². The van der Waals surface area contributed by atoms with Crippen LogP contribution in [0.1, 0.15) is 28.4 Å². The smallest absolute Gasteiger partial charge is 0.148 e. The van der Waals surface area contributed by atoms with Gasteiger partial charge in [0.1, 0.15) is 18.4 Å². The number of alkyl halides is 1. The Morgan fingerprint density at radius 3 is 2.09 bits per heavy atom. The lowest BCUT2D eigenvalue weighted by molar-refractivity contribution is -0.0459. The van der Waals surface area contributed by atoms with E-state index in [1.54, 1.807) is 0 Å². The van der Waals surface area contributed by atoms with Crippen LogP contribution in [0.4, 0.5) is 4.39 Å². The fourth-order valence-corrected chi connectivity index (χ4v) is 3.41. The molecule has 23 heavy (non-hydrogen) atoms. The summed E-state index contributed by atoms with van der Waals surface area (Å²) in [5.74, 6) is 0. The Morgan fingerprint density at radius 2 is 1.39 bits per heavy atom. The molecular weight excluding hydrogens is 287 g/mol. The fraction of sp³-hybridized carbons (Fsp3) is 0.143. The van der Waals surface area contributed by atoms with Gasteiger partial charge in [-0.3, -0.25) is 0 Å². The van der Waals surface area contributed by atoms with Gasteiger partial charge < -0.3 is 4.74 Å². The molecule has 0 fully saturated rings. The molecule has 3 aromatic carbocycles. The monoisotopic (exact) mass is 304 g/mol. The van der Waals surface area contributed by atoms with E-state index in [0.29, 0.717) is 0 Å². The first-order chi connectivity index (χ1) is 11.3. The summed E-state index contributed by atoms with van der Waals surface area (Å²) in [6.07, 6.45) is -0.247. The predicted octanol–water partition coefficient (Wildman–Crippen LogP) is 5.02. The van der Waals surface area contributed by atoms with E-state index in [1.165, 1.54) is 0 Å². The molecule has 0 unspecified atom stereocenters. The number of fused-ring (bicyclic) bond motifs is 1. The van der Waals surface area contributed by atoms with E-state index in [-0.39, 0.29) is 6.10 Å². The zero-order valence-electron chi connectivity index (χ0n) is 12.7. The Bertz CT molecular complexity index is 800. The molecule has 0 spiro atoms. The predicted molar refractivity (Wildman–Crippen MR) is 89.0 cm³/mol. The first kappa shape index (κ1) is 14.2. The highest BCUT2D eigenvalue weighted by atomic mass is 19.1. The van der Waals surface area contributed by atoms with Gasteiger partial charge >= 0.3 is 0 Å². The number of rotatable bonds is 3. The van der Waals surface area contributed by atoms with Gasteiger partial charge in [0.15, 0.2) is 0 Å². The summed E-state index contributed by atoms with van der Waals surface area (Å²) in [6.45, 7) is -0.586. The molecule has 1 heterocycles. The minimum absolute atomic E-state index is 0.247. The van der Waals surface area contributed by atoms with Gasteiger partial charge in [-0.2, -0.15) is 0 Å². The SMILES string of the molecule is FC[C@]1(c2ccccc2)O[C@H](c2ccccc2)c2ccccc21. The van der Waals surface area contributed by atoms with E-state index < -0.39 is 12.3 Å². The summed E-state index contributed by atoms with van der Waals surface area (Å²) in [7, 11) is 0. The van der Waals surface area contributed by atoms with Gasteiger partial charge in [0, 0.05) is 0 Å². The van der Waals surface area contributed by atoms with E-state index in [4.69, 9.17) is 4.74 Å². The van der Waals surface area contributed by atoms with Crippen LogP contribution >= 0.6 is 0 Å². The lowest BCUT2D eigenvalue weighted by Crippen LogP contribution is -2.30. The highest BCUT2D eigenvalue weighted by Crippen LogP contribution is 2.49. The van der Waals surface area contributed by atoms with Crippen molar-refractivity contribution in [2.24, 2.45) is 0 Å². The standard InChI is InChI=1S/C21H17FO/c22-15-21(17-11-5-2-6-12-17)19-14-8-7-13-18(19)20(23-21)16-9-3-1-4-10-16/h1-14,20H,15H2/t20-,21-/m1/s1. The van der Waals surface area contributed by atoms with Crippen LogP contribution in [-0.2, 0) is 10.3 Å². The van der Waals surface area contributed by atoms with E-state index in [1.807, 2.05) is 84.9 Å². The Morgan fingerprint density at radius 1 is 0.783 bits per heavy atom. The Hall–Kier alpha value is -2.45. The molecule has 0 saturated carbocycles. The van der Waals surface area contributed by atoms with Crippen LogP contribution in [0, 0.1) is 0 Å². The third kappa shape index (κ3) is 2.18. The van der Waals surface area contributed by atoms with Gasteiger partial charge in [0.2, 0.25) is 0 Å². The van der Waals surface area contributed by atoms with Gasteiger partial charge in [-0.15, -0.1) is 0 Å². The molecule has 4 rings (SSSR count). The Balaban J connectivity index is 1.91. The minimum atomic E-state index is -1.03. The van der Waals surface area contributed by atoms with Gasteiger partial charge in [-0.05, 0) is 22.3 Å². The third-order valence-electron chi connectivity index (χ3n) is 4.53. The quantitative estimate of drug-likeness (QED) is 0.660. The minimum Gasteiger partial charge on any atom is -0.350 e. The molecule has 0 amide bonds. The molecule has 0 N–H and O–H groups in total. The van der Waals surface area contributed by atoms with Crippen LogP contribution in [0.15, 0.2) is 84.9 Å². The van der Waals surface area contributed by atoms with Gasteiger partial charge in [0.05, 0.1) is 0 Å². The molecule has 0 aliphatic carbocycles. The summed E-state index contributed by atoms with van der Waals surface area (Å²) in [4.78, 5) is 0. The molecule has 1 nitrogen and oxygen atoms in total. The summed E-state index contributed by atoms with van der Waals surface area (Å²) in [5, 5.41) is 0. The fourth-order valence-electron chi connectivity index (χ4n) is 3.41.